The molecule has 3 rings (SSSR count). The normalized spacial score (nSPS) is 16.1. The van der Waals surface area contributed by atoms with Gasteiger partial charge in [0, 0.05) is 0 Å². The van der Waals surface area contributed by atoms with Crippen LogP contribution in [0.2, 0.25) is 0 Å². The maximum atomic E-state index is 12.8. The fourth-order valence-corrected chi connectivity index (χ4v) is 3.80. The van der Waals surface area contributed by atoms with Crippen molar-refractivity contribution < 1.29 is 4.79 Å². The van der Waals surface area contributed by atoms with Crippen molar-refractivity contribution in [3.63, 3.8) is 0 Å². The van der Waals surface area contributed by atoms with Crippen LogP contribution in [0, 0.1) is 17.2 Å². The molecule has 1 N–H and O–H groups in total. The molecule has 0 spiro atoms. The van der Waals surface area contributed by atoms with Crippen LogP contribution in [0.3, 0.4) is 0 Å². The van der Waals surface area contributed by atoms with Crippen molar-refractivity contribution in [3.8, 4) is 6.07 Å². The van der Waals surface area contributed by atoms with Gasteiger partial charge in [0.2, 0.25) is 0 Å². The fraction of sp³-hybridized carbons (Fsp3) is 0.286. The number of halogens is 1. The highest BCUT2D eigenvalue weighted by Crippen LogP contribution is 2.35. The van der Waals surface area contributed by atoms with Gasteiger partial charge in [-0.25, -0.2) is 4.98 Å². The topological polar surface area (TPSA) is 65.8 Å². The van der Waals surface area contributed by atoms with E-state index in [4.69, 9.17) is 0 Å². The Morgan fingerprint density at radius 2 is 1.92 bits per heavy atom. The molecule has 132 valence electrons. The zero-order valence-corrected chi connectivity index (χ0v) is 15.9. The van der Waals surface area contributed by atoms with E-state index in [0.717, 1.165) is 18.4 Å². The van der Waals surface area contributed by atoms with Gasteiger partial charge in [0.05, 0.1) is 11.7 Å². The summed E-state index contributed by atoms with van der Waals surface area (Å²) in [6.45, 7) is 0. The predicted octanol–water partition coefficient (Wildman–Crippen LogP) is 4.80. The zero-order chi connectivity index (χ0) is 18.4. The van der Waals surface area contributed by atoms with Gasteiger partial charge in [0.25, 0.3) is 5.91 Å². The number of carbonyl (C=O) groups is 1. The van der Waals surface area contributed by atoms with Gasteiger partial charge in [-0.1, -0.05) is 49.2 Å². The number of nitrogens with one attached hydrogen (secondary N) is 1. The lowest BCUT2D eigenvalue weighted by Crippen LogP contribution is -2.33. The van der Waals surface area contributed by atoms with Crippen molar-refractivity contribution in [2.24, 2.45) is 5.92 Å². The highest BCUT2D eigenvalue weighted by Gasteiger charge is 2.28. The van der Waals surface area contributed by atoms with E-state index in [9.17, 15) is 10.1 Å². The minimum absolute atomic E-state index is 0.0644. The summed E-state index contributed by atoms with van der Waals surface area (Å²) in [5.74, 6) is 0.0558. The Morgan fingerprint density at radius 3 is 2.58 bits per heavy atom. The first kappa shape index (κ1) is 18.3. The average Bonchev–Trinajstić information content (AvgIpc) is 3.19. The lowest BCUT2D eigenvalue weighted by molar-refractivity contribution is -0.118. The Hall–Kier alpha value is -2.45. The number of hydrogen-bond donors (Lipinski definition) is 1. The molecular weight excluding hydrogens is 390 g/mol. The van der Waals surface area contributed by atoms with E-state index in [2.05, 4.69) is 26.2 Å². The third-order valence-electron chi connectivity index (χ3n) is 4.71. The monoisotopic (exact) mass is 409 g/mol. The SMILES string of the molecule is N#C/C(=C\c1cccc(Br)n1)C(=O)NC(c1ccccc1)C1CCCC1. The van der Waals surface area contributed by atoms with E-state index in [1.165, 1.54) is 18.9 Å². The number of nitriles is 1. The molecule has 1 saturated carbocycles. The highest BCUT2D eigenvalue weighted by atomic mass is 79.9. The van der Waals surface area contributed by atoms with Gasteiger partial charge in [-0.15, -0.1) is 0 Å². The number of carbonyl (C=O) groups excluding carboxylic acids is 1. The number of benzene rings is 1. The van der Waals surface area contributed by atoms with Crippen LogP contribution in [0.15, 0.2) is 58.7 Å². The molecular formula is C21H20BrN3O. The number of amides is 1. The Kier molecular flexibility index (Phi) is 6.19. The van der Waals surface area contributed by atoms with Crippen molar-refractivity contribution in [1.82, 2.24) is 10.3 Å². The summed E-state index contributed by atoms with van der Waals surface area (Å²) >= 11 is 3.30. The van der Waals surface area contributed by atoms with E-state index in [1.807, 2.05) is 42.5 Å². The van der Waals surface area contributed by atoms with Gasteiger partial charge < -0.3 is 5.32 Å². The number of aromatic nitrogens is 1. The van der Waals surface area contributed by atoms with Crippen molar-refractivity contribution in [1.29, 1.82) is 5.26 Å². The molecule has 1 amide bonds. The molecule has 4 nitrogen and oxygen atoms in total. The average molecular weight is 410 g/mol. The summed E-state index contributed by atoms with van der Waals surface area (Å²) in [7, 11) is 0. The highest BCUT2D eigenvalue weighted by molar-refractivity contribution is 9.10. The van der Waals surface area contributed by atoms with Gasteiger partial charge in [-0.05, 0) is 58.5 Å². The summed E-state index contributed by atoms with van der Waals surface area (Å²) < 4.78 is 0.664. The third-order valence-corrected chi connectivity index (χ3v) is 5.15. The van der Waals surface area contributed by atoms with E-state index < -0.39 is 0 Å². The second-order valence-corrected chi connectivity index (χ2v) is 7.27. The summed E-state index contributed by atoms with van der Waals surface area (Å²) in [5, 5.41) is 12.5. The first-order valence-electron chi connectivity index (χ1n) is 8.77. The number of hydrogen-bond acceptors (Lipinski definition) is 3. The van der Waals surface area contributed by atoms with Crippen LogP contribution < -0.4 is 5.32 Å². The first-order chi connectivity index (χ1) is 12.7. The number of pyridine rings is 1. The van der Waals surface area contributed by atoms with Crippen LogP contribution in [-0.2, 0) is 4.79 Å². The van der Waals surface area contributed by atoms with Gasteiger partial charge in [0.1, 0.15) is 16.2 Å². The molecule has 2 aromatic rings. The van der Waals surface area contributed by atoms with Crippen LogP contribution >= 0.6 is 15.9 Å². The fourth-order valence-electron chi connectivity index (χ4n) is 3.44. The molecule has 1 unspecified atom stereocenters. The van der Waals surface area contributed by atoms with Crippen LogP contribution in [0.1, 0.15) is 43.0 Å². The van der Waals surface area contributed by atoms with E-state index >= 15 is 0 Å². The van der Waals surface area contributed by atoms with E-state index in [1.54, 1.807) is 12.1 Å². The quantitative estimate of drug-likeness (QED) is 0.438. The Morgan fingerprint density at radius 1 is 1.19 bits per heavy atom. The van der Waals surface area contributed by atoms with Crippen molar-refractivity contribution in [3.05, 3.63) is 70.0 Å². The predicted molar refractivity (Wildman–Crippen MR) is 105 cm³/mol. The molecule has 1 aliphatic rings. The molecule has 1 heterocycles. The van der Waals surface area contributed by atoms with Crippen molar-refractivity contribution in [2.45, 2.75) is 31.7 Å². The summed E-state index contributed by atoms with van der Waals surface area (Å²) in [6.07, 6.45) is 6.09. The lowest BCUT2D eigenvalue weighted by Gasteiger charge is -2.25. The Labute approximate surface area is 162 Å². The minimum atomic E-state index is -0.352. The molecule has 0 bridgehead atoms. The first-order valence-corrected chi connectivity index (χ1v) is 9.57. The molecule has 1 aromatic heterocycles. The van der Waals surface area contributed by atoms with Crippen LogP contribution in [0.4, 0.5) is 0 Å². The molecule has 26 heavy (non-hydrogen) atoms. The summed E-state index contributed by atoms with van der Waals surface area (Å²) in [4.78, 5) is 17.0. The molecule has 1 aromatic carbocycles. The lowest BCUT2D eigenvalue weighted by atomic mass is 9.91. The second kappa shape index (κ2) is 8.77. The third kappa shape index (κ3) is 4.59. The minimum Gasteiger partial charge on any atom is -0.344 e. The van der Waals surface area contributed by atoms with Crippen molar-refractivity contribution >= 4 is 27.9 Å². The zero-order valence-electron chi connectivity index (χ0n) is 14.4. The molecule has 1 aliphatic carbocycles. The molecule has 0 saturated heterocycles. The molecule has 5 heteroatoms. The number of rotatable bonds is 5. The van der Waals surface area contributed by atoms with Gasteiger partial charge in [-0.2, -0.15) is 5.26 Å². The van der Waals surface area contributed by atoms with E-state index in [0.29, 0.717) is 16.2 Å². The maximum Gasteiger partial charge on any atom is 0.262 e. The largest absolute Gasteiger partial charge is 0.344 e. The van der Waals surface area contributed by atoms with Gasteiger partial charge in [0.15, 0.2) is 0 Å². The maximum absolute atomic E-state index is 12.8. The van der Waals surface area contributed by atoms with Gasteiger partial charge in [-0.3, -0.25) is 4.79 Å². The Bertz CT molecular complexity index is 836. The molecule has 1 atom stereocenters. The van der Waals surface area contributed by atoms with Crippen LogP contribution in [0.25, 0.3) is 6.08 Å². The summed E-state index contributed by atoms with van der Waals surface area (Å²) in [5.41, 5.74) is 1.73. The standard InChI is InChI=1S/C21H20BrN3O/c22-19-12-6-11-18(24-19)13-17(14-23)21(26)25-20(16-9-4-5-10-16)15-7-2-1-3-8-15/h1-3,6-8,11-13,16,20H,4-5,9-10H2,(H,25,26)/b17-13+. The molecule has 1 fully saturated rings. The van der Waals surface area contributed by atoms with Gasteiger partial charge >= 0.3 is 0 Å². The second-order valence-electron chi connectivity index (χ2n) is 6.46. The number of nitrogens with zero attached hydrogens (tertiary/aromatic N) is 2. The van der Waals surface area contributed by atoms with E-state index in [-0.39, 0.29) is 17.5 Å². The molecule has 0 radical (unpaired) electrons. The molecule has 0 aliphatic heterocycles. The smallest absolute Gasteiger partial charge is 0.262 e. The summed E-state index contributed by atoms with van der Waals surface area (Å²) in [6, 6.07) is 17.3. The van der Waals surface area contributed by atoms with Crippen LogP contribution in [-0.4, -0.2) is 10.9 Å². The van der Waals surface area contributed by atoms with Crippen molar-refractivity contribution in [2.75, 3.05) is 0 Å². The van der Waals surface area contributed by atoms with Crippen LogP contribution in [0.5, 0.6) is 0 Å². The Balaban J connectivity index is 1.83.